The van der Waals surface area contributed by atoms with Crippen molar-refractivity contribution < 1.29 is 4.74 Å². The summed E-state index contributed by atoms with van der Waals surface area (Å²) in [6.07, 6.45) is 0.139. The van der Waals surface area contributed by atoms with Gasteiger partial charge in [0.2, 0.25) is 0 Å². The van der Waals surface area contributed by atoms with Gasteiger partial charge in [-0.25, -0.2) is 0 Å². The summed E-state index contributed by atoms with van der Waals surface area (Å²) in [4.78, 5) is 2.15. The van der Waals surface area contributed by atoms with Crippen molar-refractivity contribution in [2.24, 2.45) is 0 Å². The van der Waals surface area contributed by atoms with E-state index in [-0.39, 0.29) is 6.10 Å². The Labute approximate surface area is 109 Å². The maximum atomic E-state index is 6.18. The van der Waals surface area contributed by atoms with Gasteiger partial charge in [-0.2, -0.15) is 0 Å². The van der Waals surface area contributed by atoms with Gasteiger partial charge in [-0.1, -0.05) is 11.6 Å². The van der Waals surface area contributed by atoms with Gasteiger partial charge >= 0.3 is 0 Å². The number of rotatable bonds is 6. The molecular weight excluding hydrogens is 236 g/mol. The number of anilines is 1. The molecule has 0 bridgehead atoms. The Morgan fingerprint density at radius 2 is 2.12 bits per heavy atom. The molecular formula is C13H21ClN2O. The fourth-order valence-corrected chi connectivity index (χ4v) is 1.70. The van der Waals surface area contributed by atoms with Crippen LogP contribution in [0.1, 0.15) is 13.8 Å². The first-order chi connectivity index (χ1) is 8.04. The second-order valence-electron chi connectivity index (χ2n) is 4.31. The van der Waals surface area contributed by atoms with Gasteiger partial charge in [-0.05, 0) is 39.1 Å². The van der Waals surface area contributed by atoms with Gasteiger partial charge in [0.15, 0.2) is 0 Å². The van der Waals surface area contributed by atoms with Crippen molar-refractivity contribution in [3.63, 3.8) is 0 Å². The number of hydrogen-bond acceptors (Lipinski definition) is 3. The minimum absolute atomic E-state index is 0.139. The molecule has 4 heteroatoms. The topological polar surface area (TPSA) is 24.5 Å². The zero-order valence-corrected chi connectivity index (χ0v) is 11.7. The van der Waals surface area contributed by atoms with Crippen molar-refractivity contribution in [2.45, 2.75) is 20.0 Å². The van der Waals surface area contributed by atoms with E-state index < -0.39 is 0 Å². The van der Waals surface area contributed by atoms with Crippen molar-refractivity contribution in [1.82, 2.24) is 5.32 Å². The van der Waals surface area contributed by atoms with Gasteiger partial charge in [0.1, 0.15) is 5.75 Å². The summed E-state index contributed by atoms with van der Waals surface area (Å²) in [5, 5.41) is 3.78. The molecule has 0 heterocycles. The highest BCUT2D eigenvalue weighted by Crippen LogP contribution is 2.29. The van der Waals surface area contributed by atoms with Gasteiger partial charge in [0.25, 0.3) is 0 Å². The third kappa shape index (κ3) is 4.44. The second-order valence-corrected chi connectivity index (χ2v) is 4.71. The molecule has 0 fully saturated rings. The van der Waals surface area contributed by atoms with Gasteiger partial charge in [0.05, 0.1) is 11.1 Å². The number of nitrogens with zero attached hydrogens (tertiary/aromatic N) is 1. The summed E-state index contributed by atoms with van der Waals surface area (Å²) in [6.45, 7) is 5.86. The van der Waals surface area contributed by atoms with Crippen LogP contribution in [0.5, 0.6) is 5.75 Å². The average Bonchev–Trinajstić information content (AvgIpc) is 2.28. The first-order valence-electron chi connectivity index (χ1n) is 5.86. The van der Waals surface area contributed by atoms with Gasteiger partial charge < -0.3 is 15.0 Å². The highest BCUT2D eigenvalue weighted by Gasteiger charge is 2.07. The molecule has 17 heavy (non-hydrogen) atoms. The molecule has 0 spiro atoms. The van der Waals surface area contributed by atoms with Crippen molar-refractivity contribution in [2.75, 3.05) is 32.1 Å². The lowest BCUT2D eigenvalue weighted by Gasteiger charge is -2.20. The monoisotopic (exact) mass is 256 g/mol. The molecule has 3 nitrogen and oxygen atoms in total. The van der Waals surface area contributed by atoms with E-state index in [9.17, 15) is 0 Å². The van der Waals surface area contributed by atoms with E-state index in [0.29, 0.717) is 5.02 Å². The first-order valence-corrected chi connectivity index (χ1v) is 6.24. The molecule has 0 unspecified atom stereocenters. The van der Waals surface area contributed by atoms with Crippen molar-refractivity contribution >= 4 is 17.3 Å². The Kier molecular flexibility index (Phi) is 5.59. The van der Waals surface area contributed by atoms with E-state index >= 15 is 0 Å². The molecule has 0 aliphatic rings. The average molecular weight is 257 g/mol. The van der Waals surface area contributed by atoms with E-state index in [2.05, 4.69) is 10.2 Å². The lowest BCUT2D eigenvalue weighted by Crippen LogP contribution is -2.26. The molecule has 0 saturated heterocycles. The summed E-state index contributed by atoms with van der Waals surface area (Å²) in [5.74, 6) is 0.743. The molecule has 0 saturated carbocycles. The maximum Gasteiger partial charge on any atom is 0.138 e. The molecule has 0 aliphatic carbocycles. The van der Waals surface area contributed by atoms with Crippen molar-refractivity contribution in [3.05, 3.63) is 23.2 Å². The van der Waals surface area contributed by atoms with Crippen LogP contribution in [0.4, 0.5) is 5.69 Å². The molecule has 96 valence electrons. The molecule has 0 aliphatic heterocycles. The largest absolute Gasteiger partial charge is 0.489 e. The van der Waals surface area contributed by atoms with Crippen LogP contribution in [0.2, 0.25) is 5.02 Å². The van der Waals surface area contributed by atoms with Crippen LogP contribution in [0.15, 0.2) is 18.2 Å². The van der Waals surface area contributed by atoms with E-state index in [1.807, 2.05) is 46.1 Å². The highest BCUT2D eigenvalue weighted by atomic mass is 35.5. The summed E-state index contributed by atoms with van der Waals surface area (Å²) in [6, 6.07) is 5.89. The molecule has 0 atom stereocenters. The van der Waals surface area contributed by atoms with E-state index in [1.54, 1.807) is 0 Å². The number of benzene rings is 1. The number of nitrogens with one attached hydrogen (secondary N) is 1. The van der Waals surface area contributed by atoms with Crippen molar-refractivity contribution in [3.8, 4) is 5.75 Å². The standard InChI is InChI=1S/C13H21ClN2O/c1-10(2)17-13-6-5-11(9-12(13)14)16(4)8-7-15-3/h5-6,9-10,15H,7-8H2,1-4H3. The predicted molar refractivity (Wildman–Crippen MR) is 74.4 cm³/mol. The summed E-state index contributed by atoms with van der Waals surface area (Å²) in [7, 11) is 3.99. The highest BCUT2D eigenvalue weighted by molar-refractivity contribution is 6.32. The van der Waals surface area contributed by atoms with E-state index in [0.717, 1.165) is 24.5 Å². The first kappa shape index (κ1) is 14.1. The quantitative estimate of drug-likeness (QED) is 0.847. The Hall–Kier alpha value is -0.930. The summed E-state index contributed by atoms with van der Waals surface area (Å²) < 4.78 is 5.60. The minimum atomic E-state index is 0.139. The third-order valence-electron chi connectivity index (χ3n) is 2.42. The fraction of sp³-hybridized carbons (Fsp3) is 0.538. The van der Waals surface area contributed by atoms with E-state index in [1.165, 1.54) is 0 Å². The zero-order valence-electron chi connectivity index (χ0n) is 11.0. The molecule has 1 aromatic rings. The lowest BCUT2D eigenvalue weighted by atomic mass is 10.2. The fourth-order valence-electron chi connectivity index (χ4n) is 1.49. The summed E-state index contributed by atoms with van der Waals surface area (Å²) in [5.41, 5.74) is 1.10. The Bertz CT molecular complexity index is 355. The van der Waals surface area contributed by atoms with Gasteiger partial charge in [-0.15, -0.1) is 0 Å². The smallest absolute Gasteiger partial charge is 0.138 e. The SMILES string of the molecule is CNCCN(C)c1ccc(OC(C)C)c(Cl)c1. The van der Waals surface area contributed by atoms with E-state index in [4.69, 9.17) is 16.3 Å². The van der Waals surface area contributed by atoms with Crippen LogP contribution in [0, 0.1) is 0 Å². The molecule has 1 aromatic carbocycles. The summed E-state index contributed by atoms with van der Waals surface area (Å²) >= 11 is 6.18. The predicted octanol–water partition coefficient (Wildman–Crippen LogP) is 2.78. The molecule has 1 N–H and O–H groups in total. The van der Waals surface area contributed by atoms with Gasteiger partial charge in [-0.3, -0.25) is 0 Å². The molecule has 1 rings (SSSR count). The molecule has 0 aromatic heterocycles. The van der Waals surface area contributed by atoms with Crippen LogP contribution in [-0.4, -0.2) is 33.3 Å². The lowest BCUT2D eigenvalue weighted by molar-refractivity contribution is 0.242. The van der Waals surface area contributed by atoms with Crippen LogP contribution >= 0.6 is 11.6 Å². The number of ether oxygens (including phenoxy) is 1. The zero-order chi connectivity index (χ0) is 12.8. The minimum Gasteiger partial charge on any atom is -0.489 e. The number of halogens is 1. The van der Waals surface area contributed by atoms with Crippen molar-refractivity contribution in [1.29, 1.82) is 0 Å². The number of likely N-dealkylation sites (N-methyl/N-ethyl adjacent to an activating group) is 2. The Balaban J connectivity index is 2.73. The Morgan fingerprint density at radius 1 is 1.41 bits per heavy atom. The van der Waals surface area contributed by atoms with Crippen LogP contribution in [-0.2, 0) is 0 Å². The Morgan fingerprint density at radius 3 is 2.65 bits per heavy atom. The second kappa shape index (κ2) is 6.72. The van der Waals surface area contributed by atoms with Crippen LogP contribution in [0.3, 0.4) is 0 Å². The maximum absolute atomic E-state index is 6.18. The normalized spacial score (nSPS) is 10.7. The van der Waals surface area contributed by atoms with Crippen LogP contribution < -0.4 is 15.0 Å². The van der Waals surface area contributed by atoms with Gasteiger partial charge in [0, 0.05) is 25.8 Å². The molecule has 0 radical (unpaired) electrons. The third-order valence-corrected chi connectivity index (χ3v) is 2.71. The van der Waals surface area contributed by atoms with Crippen LogP contribution in [0.25, 0.3) is 0 Å². The molecule has 0 amide bonds. The number of hydrogen-bond donors (Lipinski definition) is 1.